The third-order valence-electron chi connectivity index (χ3n) is 1.59. The molecule has 0 spiro atoms. The van der Waals surface area contributed by atoms with E-state index in [1.165, 1.54) is 7.11 Å². The van der Waals surface area contributed by atoms with Crippen LogP contribution in [-0.4, -0.2) is 27.5 Å². The molecule has 0 N–H and O–H groups in total. The Morgan fingerprint density at radius 2 is 2.00 bits per heavy atom. The number of aromatic nitrogens is 4. The van der Waals surface area contributed by atoms with Gasteiger partial charge in [0.15, 0.2) is 5.69 Å². The minimum Gasteiger partial charge on any atom is -0.480 e. The van der Waals surface area contributed by atoms with Crippen molar-refractivity contribution in [2.75, 3.05) is 7.11 Å². The van der Waals surface area contributed by atoms with Crippen LogP contribution in [0.25, 0.3) is 11.6 Å². The van der Waals surface area contributed by atoms with Gasteiger partial charge >= 0.3 is 0 Å². The van der Waals surface area contributed by atoms with Crippen molar-refractivity contribution in [1.82, 2.24) is 20.4 Å². The molecular formula is C8H8N4O2. The topological polar surface area (TPSA) is 73.9 Å². The molecule has 0 amide bonds. The number of hydrogen-bond acceptors (Lipinski definition) is 6. The van der Waals surface area contributed by atoms with Crippen LogP contribution in [0.5, 0.6) is 5.88 Å². The monoisotopic (exact) mass is 192 g/mol. The van der Waals surface area contributed by atoms with E-state index in [0.29, 0.717) is 23.4 Å². The SMILES string of the molecule is COc1ccc(-c2nnc(C)o2)nn1. The van der Waals surface area contributed by atoms with Gasteiger partial charge in [-0.1, -0.05) is 0 Å². The third-order valence-corrected chi connectivity index (χ3v) is 1.59. The maximum absolute atomic E-state index is 5.18. The van der Waals surface area contributed by atoms with Gasteiger partial charge in [-0.3, -0.25) is 0 Å². The minimum absolute atomic E-state index is 0.359. The molecule has 72 valence electrons. The summed E-state index contributed by atoms with van der Waals surface area (Å²) < 4.78 is 10.0. The van der Waals surface area contributed by atoms with E-state index in [1.54, 1.807) is 19.1 Å². The first-order valence-electron chi connectivity index (χ1n) is 3.98. The number of ether oxygens (including phenoxy) is 1. The zero-order valence-electron chi connectivity index (χ0n) is 7.76. The first kappa shape index (κ1) is 8.61. The lowest BCUT2D eigenvalue weighted by Crippen LogP contribution is -1.92. The molecule has 6 nitrogen and oxygen atoms in total. The summed E-state index contributed by atoms with van der Waals surface area (Å²) in [5.41, 5.74) is 0.534. The van der Waals surface area contributed by atoms with E-state index in [-0.39, 0.29) is 0 Å². The Hall–Kier alpha value is -1.98. The van der Waals surface area contributed by atoms with Crippen molar-refractivity contribution >= 4 is 0 Å². The van der Waals surface area contributed by atoms with Crippen LogP contribution in [0.4, 0.5) is 0 Å². The van der Waals surface area contributed by atoms with E-state index in [0.717, 1.165) is 0 Å². The fourth-order valence-electron chi connectivity index (χ4n) is 0.943. The molecule has 0 aliphatic carbocycles. The fraction of sp³-hybridized carbons (Fsp3) is 0.250. The van der Waals surface area contributed by atoms with E-state index in [9.17, 15) is 0 Å². The van der Waals surface area contributed by atoms with E-state index in [1.807, 2.05) is 0 Å². The summed E-state index contributed by atoms with van der Waals surface area (Å²) in [4.78, 5) is 0. The third kappa shape index (κ3) is 1.54. The molecule has 0 bridgehead atoms. The second-order valence-electron chi connectivity index (χ2n) is 2.59. The molecule has 0 radical (unpaired) electrons. The van der Waals surface area contributed by atoms with Crippen LogP contribution >= 0.6 is 0 Å². The van der Waals surface area contributed by atoms with Crippen molar-refractivity contribution in [2.45, 2.75) is 6.92 Å². The van der Waals surface area contributed by atoms with Crippen LogP contribution in [0.1, 0.15) is 5.89 Å². The summed E-state index contributed by atoms with van der Waals surface area (Å²) in [7, 11) is 1.53. The van der Waals surface area contributed by atoms with Gasteiger partial charge in [0.1, 0.15) is 0 Å². The Bertz CT molecular complexity index is 423. The van der Waals surface area contributed by atoms with Gasteiger partial charge in [-0.25, -0.2) is 0 Å². The lowest BCUT2D eigenvalue weighted by atomic mass is 10.4. The minimum atomic E-state index is 0.359. The summed E-state index contributed by atoms with van der Waals surface area (Å²) in [6.45, 7) is 1.72. The van der Waals surface area contributed by atoms with Gasteiger partial charge in [-0.05, 0) is 6.07 Å². The summed E-state index contributed by atoms with van der Waals surface area (Å²) in [6, 6.07) is 3.39. The highest BCUT2D eigenvalue weighted by Crippen LogP contribution is 2.15. The maximum Gasteiger partial charge on any atom is 0.268 e. The molecule has 2 aromatic heterocycles. The van der Waals surface area contributed by atoms with Crippen LogP contribution in [-0.2, 0) is 0 Å². The molecule has 0 unspecified atom stereocenters. The van der Waals surface area contributed by atoms with Crippen LogP contribution in [0.15, 0.2) is 16.5 Å². The highest BCUT2D eigenvalue weighted by atomic mass is 16.5. The van der Waals surface area contributed by atoms with Gasteiger partial charge in [0.25, 0.3) is 5.89 Å². The highest BCUT2D eigenvalue weighted by molar-refractivity contribution is 5.45. The van der Waals surface area contributed by atoms with Crippen molar-refractivity contribution in [3.8, 4) is 17.5 Å². The normalized spacial score (nSPS) is 10.1. The molecule has 2 rings (SSSR count). The number of methoxy groups -OCH3 is 1. The van der Waals surface area contributed by atoms with E-state index in [2.05, 4.69) is 20.4 Å². The Morgan fingerprint density at radius 3 is 2.50 bits per heavy atom. The average molecular weight is 192 g/mol. The lowest BCUT2D eigenvalue weighted by molar-refractivity contribution is 0.392. The predicted octanol–water partition coefficient (Wildman–Crippen LogP) is 0.844. The molecule has 0 aliphatic rings. The number of rotatable bonds is 2. The Kier molecular flexibility index (Phi) is 2.10. The summed E-state index contributed by atoms with van der Waals surface area (Å²) in [5, 5.41) is 15.1. The zero-order chi connectivity index (χ0) is 9.97. The Labute approximate surface area is 79.9 Å². The second kappa shape index (κ2) is 3.41. The molecule has 2 aromatic rings. The molecule has 14 heavy (non-hydrogen) atoms. The highest BCUT2D eigenvalue weighted by Gasteiger charge is 2.07. The first-order valence-corrected chi connectivity index (χ1v) is 3.98. The van der Waals surface area contributed by atoms with Gasteiger partial charge < -0.3 is 9.15 Å². The second-order valence-corrected chi connectivity index (χ2v) is 2.59. The number of nitrogens with zero attached hydrogens (tertiary/aromatic N) is 4. The first-order chi connectivity index (χ1) is 6.79. The van der Waals surface area contributed by atoms with Crippen molar-refractivity contribution in [2.24, 2.45) is 0 Å². The smallest absolute Gasteiger partial charge is 0.268 e. The maximum atomic E-state index is 5.18. The predicted molar refractivity (Wildman–Crippen MR) is 46.6 cm³/mol. The summed E-state index contributed by atoms with van der Waals surface area (Å²) in [5.74, 6) is 1.31. The zero-order valence-corrected chi connectivity index (χ0v) is 7.76. The summed E-state index contributed by atoms with van der Waals surface area (Å²) in [6.07, 6.45) is 0. The Morgan fingerprint density at radius 1 is 1.14 bits per heavy atom. The largest absolute Gasteiger partial charge is 0.480 e. The molecule has 6 heteroatoms. The van der Waals surface area contributed by atoms with Crippen LogP contribution in [0, 0.1) is 6.92 Å². The number of aryl methyl sites for hydroxylation is 1. The van der Waals surface area contributed by atoms with Crippen LogP contribution in [0.3, 0.4) is 0 Å². The average Bonchev–Trinajstić information content (AvgIpc) is 2.65. The molecule has 0 aromatic carbocycles. The van der Waals surface area contributed by atoms with Crippen molar-refractivity contribution in [1.29, 1.82) is 0 Å². The molecule has 0 aliphatic heterocycles. The van der Waals surface area contributed by atoms with Gasteiger partial charge in [-0.15, -0.1) is 20.4 Å². The standard InChI is InChI=1S/C8H8N4O2/c1-5-9-12-8(14-5)6-3-4-7(13-2)11-10-6/h3-4H,1-2H3. The Balaban J connectivity index is 2.33. The molecular weight excluding hydrogens is 184 g/mol. The van der Waals surface area contributed by atoms with Crippen LogP contribution in [0.2, 0.25) is 0 Å². The van der Waals surface area contributed by atoms with Gasteiger partial charge in [0.2, 0.25) is 11.8 Å². The van der Waals surface area contributed by atoms with E-state index < -0.39 is 0 Å². The summed E-state index contributed by atoms with van der Waals surface area (Å²) >= 11 is 0. The molecule has 0 saturated heterocycles. The van der Waals surface area contributed by atoms with Gasteiger partial charge in [0.05, 0.1) is 7.11 Å². The number of hydrogen-bond donors (Lipinski definition) is 0. The van der Waals surface area contributed by atoms with E-state index >= 15 is 0 Å². The lowest BCUT2D eigenvalue weighted by Gasteiger charge is -1.96. The van der Waals surface area contributed by atoms with Crippen molar-refractivity contribution < 1.29 is 9.15 Å². The van der Waals surface area contributed by atoms with Crippen molar-refractivity contribution in [3.05, 3.63) is 18.0 Å². The molecule has 0 saturated carbocycles. The van der Waals surface area contributed by atoms with Gasteiger partial charge in [0, 0.05) is 13.0 Å². The molecule has 0 fully saturated rings. The van der Waals surface area contributed by atoms with Crippen molar-refractivity contribution in [3.63, 3.8) is 0 Å². The van der Waals surface area contributed by atoms with Gasteiger partial charge in [-0.2, -0.15) is 0 Å². The molecule has 2 heterocycles. The van der Waals surface area contributed by atoms with Crippen LogP contribution < -0.4 is 4.74 Å². The quantitative estimate of drug-likeness (QED) is 0.702. The fourth-order valence-corrected chi connectivity index (χ4v) is 0.943. The molecule has 0 atom stereocenters. The van der Waals surface area contributed by atoms with E-state index in [4.69, 9.17) is 9.15 Å².